The number of thiazole rings is 1. The van der Waals surface area contributed by atoms with Crippen LogP contribution < -0.4 is 5.32 Å². The molecule has 1 rings (SSSR count). The van der Waals surface area contributed by atoms with Crippen LogP contribution in [0.3, 0.4) is 0 Å². The van der Waals surface area contributed by atoms with Gasteiger partial charge in [0, 0.05) is 0 Å². The number of oxime groups is 1. The SMILES string of the molecule is CO/N=C(\C(=O)Cl)c1ncsc1NC(=O)C(Cl)Cl.Cl. The minimum absolute atomic E-state index is 0. The van der Waals surface area contributed by atoms with Crippen LogP contribution in [0.25, 0.3) is 0 Å². The van der Waals surface area contributed by atoms with E-state index in [9.17, 15) is 9.59 Å². The van der Waals surface area contributed by atoms with Crippen molar-refractivity contribution in [3.05, 3.63) is 11.2 Å². The van der Waals surface area contributed by atoms with Gasteiger partial charge in [-0.3, -0.25) is 9.59 Å². The summed E-state index contributed by atoms with van der Waals surface area (Å²) in [6.07, 6.45) is 0. The highest BCUT2D eigenvalue weighted by molar-refractivity contribution is 7.14. The number of carbonyl (C=O) groups excluding carboxylic acids is 2. The number of amides is 1. The van der Waals surface area contributed by atoms with Crippen molar-refractivity contribution in [2.45, 2.75) is 4.84 Å². The maximum absolute atomic E-state index is 11.3. The maximum atomic E-state index is 11.3. The fourth-order valence-corrected chi connectivity index (χ4v) is 1.85. The molecule has 0 aliphatic rings. The van der Waals surface area contributed by atoms with Crippen molar-refractivity contribution in [2.24, 2.45) is 5.16 Å². The lowest BCUT2D eigenvalue weighted by atomic mass is 10.3. The molecule has 0 atom stereocenters. The number of nitrogens with one attached hydrogen (secondary N) is 1. The lowest BCUT2D eigenvalue weighted by molar-refractivity contribution is -0.114. The number of hydrogen-bond donors (Lipinski definition) is 1. The summed E-state index contributed by atoms with van der Waals surface area (Å²) in [5, 5.41) is 5.21. The monoisotopic (exact) mass is 365 g/mol. The smallest absolute Gasteiger partial charge is 0.276 e. The number of rotatable bonds is 5. The minimum atomic E-state index is -1.24. The molecule has 106 valence electrons. The van der Waals surface area contributed by atoms with Crippen LogP contribution in [-0.4, -0.2) is 33.8 Å². The number of nitrogens with zero attached hydrogens (tertiary/aromatic N) is 2. The maximum Gasteiger partial charge on any atom is 0.276 e. The number of anilines is 1. The van der Waals surface area contributed by atoms with Crippen molar-refractivity contribution in [3.8, 4) is 0 Å². The summed E-state index contributed by atoms with van der Waals surface area (Å²) in [5.74, 6) is -0.650. The lowest BCUT2D eigenvalue weighted by Crippen LogP contribution is -2.20. The zero-order valence-electron chi connectivity index (χ0n) is 9.22. The van der Waals surface area contributed by atoms with E-state index in [1.165, 1.54) is 12.6 Å². The van der Waals surface area contributed by atoms with Crippen molar-refractivity contribution in [3.63, 3.8) is 0 Å². The van der Waals surface area contributed by atoms with Crippen LogP contribution in [0.15, 0.2) is 10.7 Å². The summed E-state index contributed by atoms with van der Waals surface area (Å²) in [5.41, 5.74) is 1.26. The molecule has 6 nitrogen and oxygen atoms in total. The van der Waals surface area contributed by atoms with Gasteiger partial charge in [-0.25, -0.2) is 4.98 Å². The van der Waals surface area contributed by atoms with E-state index >= 15 is 0 Å². The van der Waals surface area contributed by atoms with E-state index in [4.69, 9.17) is 34.8 Å². The average molecular weight is 367 g/mol. The van der Waals surface area contributed by atoms with Crippen molar-refractivity contribution in [1.29, 1.82) is 0 Å². The highest BCUT2D eigenvalue weighted by Gasteiger charge is 2.22. The van der Waals surface area contributed by atoms with E-state index in [1.54, 1.807) is 0 Å². The van der Waals surface area contributed by atoms with Crippen LogP contribution >= 0.6 is 58.5 Å². The molecule has 1 aromatic heterocycles. The molecular weight excluding hydrogens is 360 g/mol. The number of alkyl halides is 2. The predicted octanol–water partition coefficient (Wildman–Crippen LogP) is 2.42. The third-order valence-corrected chi connectivity index (χ3v) is 2.91. The van der Waals surface area contributed by atoms with E-state index in [-0.39, 0.29) is 28.8 Å². The fraction of sp³-hybridized carbons (Fsp3) is 0.250. The first-order valence-corrected chi connectivity index (χ1v) is 6.44. The highest BCUT2D eigenvalue weighted by atomic mass is 35.5. The standard InChI is InChI=1S/C8H6Cl3N3O3S.ClH/c1-17-14-3(6(11)15)4-8(18-2-12-4)13-7(16)5(9)10;/h2,5H,1H3,(H,13,16);1H/b14-3-;. The summed E-state index contributed by atoms with van der Waals surface area (Å²) < 4.78 is 0. The zero-order chi connectivity index (χ0) is 13.7. The Labute approximate surface area is 133 Å². The normalized spacial score (nSPS) is 10.9. The molecule has 19 heavy (non-hydrogen) atoms. The van der Waals surface area contributed by atoms with Gasteiger partial charge in [-0.1, -0.05) is 28.4 Å². The molecular formula is C8H7Cl4N3O3S. The van der Waals surface area contributed by atoms with Crippen molar-refractivity contribution in [2.75, 3.05) is 12.4 Å². The first-order valence-electron chi connectivity index (χ1n) is 4.31. The molecule has 1 amide bonds. The van der Waals surface area contributed by atoms with Crippen LogP contribution in [0.1, 0.15) is 5.69 Å². The summed E-state index contributed by atoms with van der Waals surface area (Å²) >= 11 is 17.2. The van der Waals surface area contributed by atoms with Crippen molar-refractivity contribution in [1.82, 2.24) is 4.98 Å². The highest BCUT2D eigenvalue weighted by Crippen LogP contribution is 2.23. The number of carbonyl (C=O) groups is 2. The lowest BCUT2D eigenvalue weighted by Gasteiger charge is -2.05. The summed E-state index contributed by atoms with van der Waals surface area (Å²) in [7, 11) is 1.25. The van der Waals surface area contributed by atoms with E-state index in [0.717, 1.165) is 11.3 Å². The zero-order valence-corrected chi connectivity index (χ0v) is 13.1. The first kappa shape index (κ1) is 18.4. The molecule has 1 aromatic rings. The fourth-order valence-electron chi connectivity index (χ4n) is 0.933. The van der Waals surface area contributed by atoms with Gasteiger partial charge in [0.2, 0.25) is 0 Å². The van der Waals surface area contributed by atoms with Crippen molar-refractivity contribution >= 4 is 80.4 Å². The van der Waals surface area contributed by atoms with E-state index in [0.29, 0.717) is 0 Å². The molecule has 0 spiro atoms. The van der Waals surface area contributed by atoms with Gasteiger partial charge < -0.3 is 10.2 Å². The van der Waals surface area contributed by atoms with E-state index in [1.807, 2.05) is 0 Å². The Balaban J connectivity index is 0.00000324. The van der Waals surface area contributed by atoms with Crippen LogP contribution in [0.2, 0.25) is 0 Å². The van der Waals surface area contributed by atoms with Gasteiger partial charge in [-0.05, 0) is 11.6 Å². The second kappa shape index (κ2) is 8.55. The molecule has 0 saturated carbocycles. The predicted molar refractivity (Wildman–Crippen MR) is 77.9 cm³/mol. The minimum Gasteiger partial charge on any atom is -0.398 e. The van der Waals surface area contributed by atoms with Gasteiger partial charge in [-0.15, -0.1) is 23.7 Å². The van der Waals surface area contributed by atoms with Gasteiger partial charge in [0.05, 0.1) is 5.51 Å². The third kappa shape index (κ3) is 5.12. The van der Waals surface area contributed by atoms with Crippen LogP contribution in [0.4, 0.5) is 5.00 Å². The molecule has 0 aliphatic heterocycles. The molecule has 0 radical (unpaired) electrons. The van der Waals surface area contributed by atoms with Crippen LogP contribution in [0, 0.1) is 0 Å². The summed E-state index contributed by atoms with van der Waals surface area (Å²) in [6.45, 7) is 0. The largest absolute Gasteiger partial charge is 0.398 e. The molecule has 0 bridgehead atoms. The van der Waals surface area contributed by atoms with E-state index < -0.39 is 16.0 Å². The van der Waals surface area contributed by atoms with Crippen molar-refractivity contribution < 1.29 is 14.4 Å². The Morgan fingerprint density at radius 3 is 2.63 bits per heavy atom. The Bertz CT molecular complexity index is 491. The molecule has 1 N–H and O–H groups in total. The number of hydrogen-bond acceptors (Lipinski definition) is 6. The van der Waals surface area contributed by atoms with Gasteiger partial charge in [0.15, 0.2) is 10.5 Å². The molecule has 1 heterocycles. The Hall–Kier alpha value is -0.600. The first-order chi connectivity index (χ1) is 8.47. The van der Waals surface area contributed by atoms with Crippen LogP contribution in [-0.2, 0) is 14.4 Å². The number of aromatic nitrogens is 1. The van der Waals surface area contributed by atoms with Gasteiger partial charge in [0.25, 0.3) is 11.1 Å². The average Bonchev–Trinajstić information content (AvgIpc) is 2.73. The second-order valence-corrected chi connectivity index (χ2v) is 5.01. The Morgan fingerprint density at radius 1 is 1.53 bits per heavy atom. The summed E-state index contributed by atoms with van der Waals surface area (Å²) in [4.78, 5) is 29.6. The molecule has 0 fully saturated rings. The molecule has 11 heteroatoms. The summed E-state index contributed by atoms with van der Waals surface area (Å²) in [6, 6.07) is 0. The third-order valence-electron chi connectivity index (χ3n) is 1.60. The second-order valence-electron chi connectivity index (χ2n) is 2.72. The molecule has 0 aliphatic carbocycles. The van der Waals surface area contributed by atoms with Gasteiger partial charge >= 0.3 is 0 Å². The van der Waals surface area contributed by atoms with E-state index in [2.05, 4.69) is 20.3 Å². The Kier molecular flexibility index (Phi) is 8.28. The number of halogens is 4. The molecule has 0 unspecified atom stereocenters. The Morgan fingerprint density at radius 2 is 2.16 bits per heavy atom. The topological polar surface area (TPSA) is 80.7 Å². The van der Waals surface area contributed by atoms with Gasteiger partial charge in [0.1, 0.15) is 17.8 Å². The molecule has 0 aromatic carbocycles. The van der Waals surface area contributed by atoms with Crippen LogP contribution in [0.5, 0.6) is 0 Å². The molecule has 0 saturated heterocycles. The quantitative estimate of drug-likeness (QED) is 0.375. The van der Waals surface area contributed by atoms with Gasteiger partial charge in [-0.2, -0.15) is 0 Å².